The van der Waals surface area contributed by atoms with Gasteiger partial charge in [0.2, 0.25) is 15.8 Å². The molecule has 3 aromatic rings. The van der Waals surface area contributed by atoms with Crippen molar-refractivity contribution in [2.75, 3.05) is 37.7 Å². The highest BCUT2D eigenvalue weighted by molar-refractivity contribution is 7.89. The lowest BCUT2D eigenvalue weighted by Crippen LogP contribution is -2.37. The topological polar surface area (TPSA) is 92.7 Å². The maximum Gasteiger partial charge on any atom is 0.360 e. The number of carbonyl (C=O) groups is 1. The first-order valence-electron chi connectivity index (χ1n) is 10.8. The average Bonchev–Trinajstić information content (AvgIpc) is 3.12. The first-order chi connectivity index (χ1) is 17.1. The van der Waals surface area contributed by atoms with Crippen LogP contribution in [0, 0.1) is 29.1 Å². The lowest BCUT2D eigenvalue weighted by molar-refractivity contribution is 0.0520. The number of benzene rings is 2. The Morgan fingerprint density at radius 1 is 0.889 bits per heavy atom. The molecular weight excluding hydrogens is 511 g/mol. The van der Waals surface area contributed by atoms with Crippen LogP contribution in [0.1, 0.15) is 23.8 Å². The van der Waals surface area contributed by atoms with Crippen LogP contribution < -0.4 is 4.90 Å². The summed E-state index contributed by atoms with van der Waals surface area (Å²) in [5.41, 5.74) is 0.775. The van der Waals surface area contributed by atoms with Crippen molar-refractivity contribution in [2.45, 2.75) is 18.2 Å². The Morgan fingerprint density at radius 2 is 1.47 bits per heavy atom. The predicted octanol–water partition coefficient (Wildman–Crippen LogP) is 3.40. The van der Waals surface area contributed by atoms with Gasteiger partial charge in [-0.2, -0.15) is 4.31 Å². The Labute approximate surface area is 202 Å². The summed E-state index contributed by atoms with van der Waals surface area (Å²) in [7, 11) is -5.10. The zero-order chi connectivity index (χ0) is 26.2. The second kappa shape index (κ2) is 9.93. The molecule has 4 rings (SSSR count). The Kier molecular flexibility index (Phi) is 7.09. The average molecular weight is 530 g/mol. The first kappa shape index (κ1) is 25.7. The molecule has 14 heteroatoms. The van der Waals surface area contributed by atoms with Crippen LogP contribution in [0.3, 0.4) is 0 Å². The molecule has 192 valence electrons. The molecule has 0 atom stereocenters. The smallest absolute Gasteiger partial charge is 0.360 e. The van der Waals surface area contributed by atoms with E-state index in [9.17, 15) is 35.2 Å². The molecule has 0 saturated carbocycles. The van der Waals surface area contributed by atoms with Crippen molar-refractivity contribution in [2.24, 2.45) is 0 Å². The summed E-state index contributed by atoms with van der Waals surface area (Å²) in [6, 6.07) is 6.74. The maximum atomic E-state index is 14.3. The number of para-hydroxylation sites is 2. The van der Waals surface area contributed by atoms with E-state index in [1.807, 2.05) is 0 Å². The molecule has 0 amide bonds. The van der Waals surface area contributed by atoms with Crippen LogP contribution in [-0.4, -0.2) is 61.4 Å². The van der Waals surface area contributed by atoms with Crippen molar-refractivity contribution >= 4 is 32.8 Å². The number of hydrogen-bond acceptors (Lipinski definition) is 7. The molecule has 0 radical (unpaired) electrons. The van der Waals surface area contributed by atoms with Gasteiger partial charge < -0.3 is 9.64 Å². The second-order valence-corrected chi connectivity index (χ2v) is 9.62. The van der Waals surface area contributed by atoms with E-state index in [1.165, 1.54) is 0 Å². The Morgan fingerprint density at radius 3 is 2.08 bits per heavy atom. The number of nitrogens with zero attached hydrogens (tertiary/aromatic N) is 4. The van der Waals surface area contributed by atoms with E-state index in [0.29, 0.717) is 15.3 Å². The minimum Gasteiger partial charge on any atom is -0.461 e. The van der Waals surface area contributed by atoms with E-state index in [2.05, 4.69) is 9.97 Å². The minimum atomic E-state index is -5.10. The Balaban J connectivity index is 1.69. The van der Waals surface area contributed by atoms with Gasteiger partial charge in [0.15, 0.2) is 39.7 Å². The van der Waals surface area contributed by atoms with Crippen molar-refractivity contribution in [1.82, 2.24) is 14.3 Å². The van der Waals surface area contributed by atoms with Gasteiger partial charge in [-0.15, -0.1) is 0 Å². The summed E-state index contributed by atoms with van der Waals surface area (Å²) in [5.74, 6) is -12.7. The zero-order valence-electron chi connectivity index (χ0n) is 18.8. The quantitative estimate of drug-likeness (QED) is 0.216. The Hall–Kier alpha value is -3.39. The van der Waals surface area contributed by atoms with Gasteiger partial charge in [-0.05, 0) is 25.5 Å². The van der Waals surface area contributed by atoms with Gasteiger partial charge in [0.05, 0.1) is 17.6 Å². The third-order valence-corrected chi connectivity index (χ3v) is 7.46. The number of carbonyl (C=O) groups excluding carboxylic acids is 1. The molecule has 36 heavy (non-hydrogen) atoms. The highest BCUT2D eigenvalue weighted by Gasteiger charge is 2.38. The van der Waals surface area contributed by atoms with Crippen molar-refractivity contribution < 1.29 is 39.9 Å². The molecule has 8 nitrogen and oxygen atoms in total. The molecule has 2 heterocycles. The van der Waals surface area contributed by atoms with Gasteiger partial charge in [-0.25, -0.2) is 45.1 Å². The standard InChI is InChI=1S/C22H19F5N4O4S/c1-2-35-22(32)19-21(29-13-7-4-3-6-12(13)28-19)30-8-5-9-31(11-10-30)36(33,34)20-17(26)15(24)14(23)16(25)18(20)27/h3-4,6-7H,2,5,8-11H2,1H3. The molecular formula is C22H19F5N4O4S. The number of esters is 1. The van der Waals surface area contributed by atoms with Crippen LogP contribution in [0.15, 0.2) is 29.2 Å². The molecule has 2 aromatic carbocycles. The number of halogens is 5. The fraction of sp³-hybridized carbons (Fsp3) is 0.318. The lowest BCUT2D eigenvalue weighted by Gasteiger charge is -2.24. The summed E-state index contributed by atoms with van der Waals surface area (Å²) in [6.45, 7) is 1.05. The molecule has 0 unspecified atom stereocenters. The van der Waals surface area contributed by atoms with Gasteiger partial charge >= 0.3 is 5.97 Å². The van der Waals surface area contributed by atoms with Gasteiger partial charge in [0.1, 0.15) is 0 Å². The maximum absolute atomic E-state index is 14.3. The van der Waals surface area contributed by atoms with Gasteiger partial charge in [0.25, 0.3) is 0 Å². The molecule has 1 aliphatic rings. The first-order valence-corrected chi connectivity index (χ1v) is 12.2. The normalized spacial score (nSPS) is 15.2. The summed E-state index contributed by atoms with van der Waals surface area (Å²) in [6.07, 6.45) is 0.0887. The lowest BCUT2D eigenvalue weighted by atomic mass is 10.2. The monoisotopic (exact) mass is 530 g/mol. The number of aromatic nitrogens is 2. The van der Waals surface area contributed by atoms with Crippen LogP contribution in [0.2, 0.25) is 0 Å². The highest BCUT2D eigenvalue weighted by Crippen LogP contribution is 2.30. The van der Waals surface area contributed by atoms with Crippen LogP contribution in [0.4, 0.5) is 27.8 Å². The molecule has 0 aliphatic carbocycles. The van der Waals surface area contributed by atoms with Gasteiger partial charge in [-0.1, -0.05) is 12.1 Å². The fourth-order valence-electron chi connectivity index (χ4n) is 3.83. The number of fused-ring (bicyclic) bond motifs is 1. The molecule has 1 fully saturated rings. The van der Waals surface area contributed by atoms with Crippen LogP contribution in [0.25, 0.3) is 11.0 Å². The van der Waals surface area contributed by atoms with Crippen LogP contribution >= 0.6 is 0 Å². The SMILES string of the molecule is CCOC(=O)c1nc2ccccc2nc1N1CCCN(S(=O)(=O)c2c(F)c(F)c(F)c(F)c2F)CC1. The number of hydrogen-bond donors (Lipinski definition) is 0. The summed E-state index contributed by atoms with van der Waals surface area (Å²) < 4.78 is 101. The molecule has 1 aliphatic heterocycles. The van der Waals surface area contributed by atoms with Crippen molar-refractivity contribution in [1.29, 1.82) is 0 Å². The number of rotatable bonds is 5. The van der Waals surface area contributed by atoms with Crippen molar-refractivity contribution in [3.05, 3.63) is 59.0 Å². The predicted molar refractivity (Wildman–Crippen MR) is 117 cm³/mol. The summed E-state index contributed by atoms with van der Waals surface area (Å²) >= 11 is 0. The van der Waals surface area contributed by atoms with Crippen LogP contribution in [0.5, 0.6) is 0 Å². The molecule has 1 aromatic heterocycles. The van der Waals surface area contributed by atoms with E-state index in [0.717, 1.165) is 0 Å². The van der Waals surface area contributed by atoms with E-state index in [4.69, 9.17) is 4.74 Å². The van der Waals surface area contributed by atoms with E-state index in [-0.39, 0.29) is 44.2 Å². The molecule has 0 bridgehead atoms. The number of ether oxygens (including phenoxy) is 1. The second-order valence-electron chi connectivity index (χ2n) is 7.75. The van der Waals surface area contributed by atoms with Gasteiger partial charge in [-0.3, -0.25) is 0 Å². The number of sulfonamides is 1. The molecule has 0 N–H and O–H groups in total. The Bertz CT molecular complexity index is 1430. The molecule has 1 saturated heterocycles. The fourth-order valence-corrected chi connectivity index (χ4v) is 5.42. The van der Waals surface area contributed by atoms with Crippen molar-refractivity contribution in [3.63, 3.8) is 0 Å². The van der Waals surface area contributed by atoms with E-state index < -0.39 is 56.5 Å². The summed E-state index contributed by atoms with van der Waals surface area (Å²) in [4.78, 5) is 21.0. The highest BCUT2D eigenvalue weighted by atomic mass is 32.2. The minimum absolute atomic E-state index is 0.0702. The third kappa shape index (κ3) is 4.46. The largest absolute Gasteiger partial charge is 0.461 e. The summed E-state index contributed by atoms with van der Waals surface area (Å²) in [5, 5.41) is 0. The van der Waals surface area contributed by atoms with Crippen molar-refractivity contribution in [3.8, 4) is 0 Å². The number of anilines is 1. The third-order valence-electron chi connectivity index (χ3n) is 5.54. The van der Waals surface area contributed by atoms with E-state index in [1.54, 1.807) is 36.1 Å². The van der Waals surface area contributed by atoms with Gasteiger partial charge in [0, 0.05) is 26.2 Å². The van der Waals surface area contributed by atoms with Crippen LogP contribution in [-0.2, 0) is 14.8 Å². The zero-order valence-corrected chi connectivity index (χ0v) is 19.6. The van der Waals surface area contributed by atoms with E-state index >= 15 is 0 Å². The molecule has 0 spiro atoms.